The Morgan fingerprint density at radius 3 is 2.09 bits per heavy atom. The summed E-state index contributed by atoms with van der Waals surface area (Å²) in [4.78, 5) is 56.1. The second kappa shape index (κ2) is 7.83. The Labute approximate surface area is 217 Å². The third kappa shape index (κ3) is 2.99. The Balaban J connectivity index is 1.56. The van der Waals surface area contributed by atoms with Crippen LogP contribution in [0.3, 0.4) is 0 Å². The summed E-state index contributed by atoms with van der Waals surface area (Å²) in [6.45, 7) is 0. The first kappa shape index (κ1) is 22.6. The summed E-state index contributed by atoms with van der Waals surface area (Å²) in [6, 6.07) is 17.8. The molecule has 3 aliphatic rings. The van der Waals surface area contributed by atoms with Gasteiger partial charge in [0.1, 0.15) is 0 Å². The first-order valence-electron chi connectivity index (χ1n) is 10.7. The van der Waals surface area contributed by atoms with Crippen LogP contribution >= 0.6 is 39.1 Å². The highest BCUT2D eigenvalue weighted by Gasteiger charge is 2.74. The third-order valence-corrected chi connectivity index (χ3v) is 7.95. The number of ether oxygens (including phenoxy) is 1. The molecule has 2 amide bonds. The van der Waals surface area contributed by atoms with Crippen molar-refractivity contribution in [1.29, 1.82) is 0 Å². The zero-order chi connectivity index (χ0) is 24.6. The predicted octanol–water partition coefficient (Wildman–Crippen LogP) is 5.45. The summed E-state index contributed by atoms with van der Waals surface area (Å²) in [5.74, 6) is -5.03. The van der Waals surface area contributed by atoms with Gasteiger partial charge in [0.2, 0.25) is 29.0 Å². The normalized spacial score (nSPS) is 24.4. The van der Waals surface area contributed by atoms with E-state index in [1.54, 1.807) is 36.4 Å². The Morgan fingerprint density at radius 2 is 1.46 bits per heavy atom. The van der Waals surface area contributed by atoms with Gasteiger partial charge in [0.25, 0.3) is 0 Å². The Kier molecular flexibility index (Phi) is 5.06. The maximum absolute atomic E-state index is 13.9. The van der Waals surface area contributed by atoms with E-state index < -0.39 is 46.9 Å². The quantitative estimate of drug-likeness (QED) is 0.302. The van der Waals surface area contributed by atoms with Crippen LogP contribution in [-0.4, -0.2) is 29.0 Å². The molecule has 2 saturated heterocycles. The summed E-state index contributed by atoms with van der Waals surface area (Å²) in [7, 11) is 0. The summed E-state index contributed by atoms with van der Waals surface area (Å²) >= 11 is 15.9. The number of hydrogen-bond donors (Lipinski definition) is 0. The van der Waals surface area contributed by atoms with Crippen molar-refractivity contribution in [3.63, 3.8) is 0 Å². The molecule has 6 rings (SSSR count). The van der Waals surface area contributed by atoms with E-state index in [2.05, 4.69) is 15.9 Å². The van der Waals surface area contributed by atoms with Gasteiger partial charge >= 0.3 is 0 Å². The second-order valence-electron chi connectivity index (χ2n) is 8.64. The number of carbonyl (C=O) groups is 4. The summed E-state index contributed by atoms with van der Waals surface area (Å²) < 4.78 is 7.05. The maximum Gasteiger partial charge on any atom is 0.241 e. The molecule has 0 bridgehead atoms. The van der Waals surface area contributed by atoms with Crippen LogP contribution in [0, 0.1) is 11.8 Å². The van der Waals surface area contributed by atoms with E-state index in [0.717, 1.165) is 9.37 Å². The van der Waals surface area contributed by atoms with Gasteiger partial charge in [-0.3, -0.25) is 19.2 Å². The Hall–Kier alpha value is -2.84. The van der Waals surface area contributed by atoms with Gasteiger partial charge in [-0.15, -0.1) is 0 Å². The fourth-order valence-corrected chi connectivity index (χ4v) is 6.00. The zero-order valence-electron chi connectivity index (χ0n) is 17.7. The highest BCUT2D eigenvalue weighted by Crippen LogP contribution is 2.58. The van der Waals surface area contributed by atoms with Crippen LogP contribution < -0.4 is 4.90 Å². The highest BCUT2D eigenvalue weighted by molar-refractivity contribution is 9.10. The molecule has 1 spiro atoms. The minimum absolute atomic E-state index is 0.101. The maximum atomic E-state index is 13.9. The van der Waals surface area contributed by atoms with Crippen molar-refractivity contribution < 1.29 is 23.9 Å². The summed E-state index contributed by atoms with van der Waals surface area (Å²) in [5, 5.41) is 0.413. The van der Waals surface area contributed by atoms with Crippen molar-refractivity contribution in [2.45, 2.75) is 11.7 Å². The molecule has 3 aromatic carbocycles. The van der Waals surface area contributed by atoms with E-state index in [0.29, 0.717) is 5.56 Å². The molecule has 0 saturated carbocycles. The number of carbonyl (C=O) groups excluding carboxylic acids is 4. The van der Waals surface area contributed by atoms with E-state index in [-0.39, 0.29) is 26.9 Å². The fourth-order valence-electron chi connectivity index (χ4n) is 5.37. The minimum Gasteiger partial charge on any atom is -0.349 e. The van der Waals surface area contributed by atoms with Crippen molar-refractivity contribution >= 4 is 68.2 Å². The predicted molar refractivity (Wildman–Crippen MR) is 132 cm³/mol. The Bertz CT molecular complexity index is 1440. The first-order chi connectivity index (χ1) is 16.8. The number of benzene rings is 3. The monoisotopic (exact) mass is 569 g/mol. The lowest BCUT2D eigenvalue weighted by molar-refractivity contribution is -0.127. The molecule has 1 aliphatic carbocycles. The SMILES string of the molecule is O=C1C2C(c3ccc(Br)cc3)OC3(C(=O)c4ccccc4C3=O)C2C(=O)N1c1cc(Cl)ccc1Cl. The number of amides is 2. The van der Waals surface area contributed by atoms with Gasteiger partial charge in [-0.05, 0) is 35.9 Å². The average molecular weight is 571 g/mol. The molecule has 3 atom stereocenters. The summed E-state index contributed by atoms with van der Waals surface area (Å²) in [6.07, 6.45) is -1.00. The van der Waals surface area contributed by atoms with Crippen molar-refractivity contribution in [2.24, 2.45) is 11.8 Å². The van der Waals surface area contributed by atoms with Gasteiger partial charge in [-0.2, -0.15) is 0 Å². The van der Waals surface area contributed by atoms with Crippen molar-refractivity contribution in [3.05, 3.63) is 97.9 Å². The van der Waals surface area contributed by atoms with Gasteiger partial charge in [-0.1, -0.05) is 75.5 Å². The molecule has 3 unspecified atom stereocenters. The van der Waals surface area contributed by atoms with Gasteiger partial charge in [-0.25, -0.2) is 4.90 Å². The van der Waals surface area contributed by atoms with Crippen LogP contribution in [-0.2, 0) is 14.3 Å². The first-order valence-corrected chi connectivity index (χ1v) is 12.3. The molecule has 3 aromatic rings. The molecule has 0 aromatic heterocycles. The van der Waals surface area contributed by atoms with Gasteiger partial charge in [0, 0.05) is 20.6 Å². The smallest absolute Gasteiger partial charge is 0.241 e. The largest absolute Gasteiger partial charge is 0.349 e. The number of hydrogen-bond acceptors (Lipinski definition) is 5. The van der Waals surface area contributed by atoms with Crippen LogP contribution in [0.25, 0.3) is 0 Å². The lowest BCUT2D eigenvalue weighted by Crippen LogP contribution is -2.51. The molecule has 0 radical (unpaired) electrons. The van der Waals surface area contributed by atoms with Crippen LogP contribution in [0.15, 0.2) is 71.2 Å². The van der Waals surface area contributed by atoms with Crippen LogP contribution in [0.5, 0.6) is 0 Å². The fraction of sp³-hybridized carbons (Fsp3) is 0.154. The number of fused-ring (bicyclic) bond motifs is 3. The lowest BCUT2D eigenvalue weighted by atomic mass is 9.77. The van der Waals surface area contributed by atoms with Crippen LogP contribution in [0.1, 0.15) is 32.4 Å². The van der Waals surface area contributed by atoms with Gasteiger partial charge < -0.3 is 4.74 Å². The van der Waals surface area contributed by atoms with E-state index >= 15 is 0 Å². The molecule has 2 heterocycles. The number of ketones is 2. The average Bonchev–Trinajstić information content (AvgIpc) is 3.41. The van der Waals surface area contributed by atoms with Gasteiger partial charge in [0.05, 0.1) is 28.6 Å². The van der Waals surface area contributed by atoms with Crippen LogP contribution in [0.4, 0.5) is 5.69 Å². The lowest BCUT2D eigenvalue weighted by Gasteiger charge is -2.27. The van der Waals surface area contributed by atoms with E-state index in [1.165, 1.54) is 30.3 Å². The van der Waals surface area contributed by atoms with Crippen molar-refractivity contribution in [1.82, 2.24) is 0 Å². The van der Waals surface area contributed by atoms with Gasteiger partial charge in [0.15, 0.2) is 0 Å². The topological polar surface area (TPSA) is 80.8 Å². The summed E-state index contributed by atoms with van der Waals surface area (Å²) in [5.41, 5.74) is -1.13. The molecule has 6 nitrogen and oxygen atoms in total. The molecular formula is C26H14BrCl2NO5. The van der Waals surface area contributed by atoms with Crippen molar-refractivity contribution in [3.8, 4) is 0 Å². The molecule has 0 N–H and O–H groups in total. The third-order valence-electron chi connectivity index (χ3n) is 6.87. The van der Waals surface area contributed by atoms with Crippen molar-refractivity contribution in [2.75, 3.05) is 4.90 Å². The van der Waals surface area contributed by atoms with Crippen LogP contribution in [0.2, 0.25) is 10.0 Å². The standard InChI is InChI=1S/C26H14BrCl2NO5/c27-13-7-5-12(6-8-13)21-19-20(25(34)30(24(19)33)18-11-14(28)9-10-17(18)29)26(35-21)22(31)15-3-1-2-4-16(15)23(26)32/h1-11,19-21H. The zero-order valence-corrected chi connectivity index (χ0v) is 20.8. The minimum atomic E-state index is -2.14. The molecule has 174 valence electrons. The molecule has 35 heavy (non-hydrogen) atoms. The van der Waals surface area contributed by atoms with E-state index in [9.17, 15) is 19.2 Å². The van der Waals surface area contributed by atoms with E-state index in [1.807, 2.05) is 0 Å². The molecular weight excluding hydrogens is 557 g/mol. The number of halogens is 3. The number of rotatable bonds is 2. The molecule has 9 heteroatoms. The Morgan fingerprint density at radius 1 is 0.829 bits per heavy atom. The molecule has 2 fully saturated rings. The van der Waals surface area contributed by atoms with E-state index in [4.69, 9.17) is 27.9 Å². The number of nitrogens with zero attached hydrogens (tertiary/aromatic N) is 1. The second-order valence-corrected chi connectivity index (χ2v) is 10.4. The molecule has 2 aliphatic heterocycles. The highest BCUT2D eigenvalue weighted by atomic mass is 79.9. The number of Topliss-reactive ketones (excluding diaryl/α,β-unsaturated/α-hetero) is 2. The number of anilines is 1. The number of imide groups is 1.